The first-order chi connectivity index (χ1) is 10.8. The number of nitrogens with zero attached hydrogens (tertiary/aromatic N) is 3. The summed E-state index contributed by atoms with van der Waals surface area (Å²) in [4.78, 5) is 25.3. The van der Waals surface area contributed by atoms with E-state index in [4.69, 9.17) is 5.73 Å². The number of amides is 2. The first-order valence-corrected chi connectivity index (χ1v) is 8.39. The van der Waals surface area contributed by atoms with Crippen LogP contribution in [0.15, 0.2) is 0 Å². The second kappa shape index (κ2) is 7.15. The van der Waals surface area contributed by atoms with Crippen molar-refractivity contribution in [2.24, 2.45) is 17.6 Å². The third kappa shape index (κ3) is 4.12. The molecule has 0 aliphatic carbocycles. The normalized spacial score (nSPS) is 18.0. The van der Waals surface area contributed by atoms with Crippen molar-refractivity contribution in [3.63, 3.8) is 0 Å². The zero-order chi connectivity index (χ0) is 17.1. The Bertz CT molecular complexity index is 592. The number of rotatable bonds is 6. The molecule has 6 heteroatoms. The topological polar surface area (TPSA) is 81.2 Å². The molecule has 0 unspecified atom stereocenters. The largest absolute Gasteiger partial charge is 0.369 e. The van der Waals surface area contributed by atoms with E-state index in [9.17, 15) is 9.59 Å². The Morgan fingerprint density at radius 1 is 1.35 bits per heavy atom. The first kappa shape index (κ1) is 17.5. The third-order valence-electron chi connectivity index (χ3n) is 4.60. The van der Waals surface area contributed by atoms with E-state index in [1.165, 1.54) is 5.56 Å². The van der Waals surface area contributed by atoms with Crippen LogP contribution in [0.3, 0.4) is 0 Å². The summed E-state index contributed by atoms with van der Waals surface area (Å²) in [5.74, 6) is 0.153. The standard InChI is InChI=1S/C17H28N4O2/c1-11(2)9-21-13(4)15(12(3)19-21)5-6-16(22)20-8-7-14(10-20)17(18)23/h11,14H,5-10H2,1-4H3,(H2,18,23)/t14-/m1/s1. The van der Waals surface area contributed by atoms with Crippen LogP contribution in [0.25, 0.3) is 0 Å². The maximum atomic E-state index is 12.3. The van der Waals surface area contributed by atoms with Crippen molar-refractivity contribution in [3.8, 4) is 0 Å². The summed E-state index contributed by atoms with van der Waals surface area (Å²) in [6, 6.07) is 0. The Morgan fingerprint density at radius 2 is 2.04 bits per heavy atom. The summed E-state index contributed by atoms with van der Waals surface area (Å²) >= 11 is 0. The number of carbonyl (C=O) groups excluding carboxylic acids is 2. The second-order valence-corrected chi connectivity index (χ2v) is 6.95. The highest BCUT2D eigenvalue weighted by molar-refractivity contribution is 5.81. The fraction of sp³-hybridized carbons (Fsp3) is 0.706. The predicted octanol–water partition coefficient (Wildman–Crippen LogP) is 1.42. The molecule has 6 nitrogen and oxygen atoms in total. The van der Waals surface area contributed by atoms with Gasteiger partial charge >= 0.3 is 0 Å². The maximum absolute atomic E-state index is 12.3. The molecule has 0 spiro atoms. The predicted molar refractivity (Wildman–Crippen MR) is 88.7 cm³/mol. The van der Waals surface area contributed by atoms with E-state index in [2.05, 4.69) is 25.9 Å². The molecule has 23 heavy (non-hydrogen) atoms. The lowest BCUT2D eigenvalue weighted by molar-refractivity contribution is -0.130. The fourth-order valence-corrected chi connectivity index (χ4v) is 3.23. The van der Waals surface area contributed by atoms with Crippen molar-refractivity contribution in [1.29, 1.82) is 0 Å². The molecule has 2 rings (SSSR count). The Hall–Kier alpha value is -1.85. The van der Waals surface area contributed by atoms with Crippen LogP contribution >= 0.6 is 0 Å². The first-order valence-electron chi connectivity index (χ1n) is 8.39. The molecule has 1 fully saturated rings. The van der Waals surface area contributed by atoms with Gasteiger partial charge in [0.25, 0.3) is 0 Å². The van der Waals surface area contributed by atoms with Gasteiger partial charge < -0.3 is 10.6 Å². The Balaban J connectivity index is 1.95. The molecule has 0 saturated carbocycles. The number of aryl methyl sites for hydroxylation is 1. The van der Waals surface area contributed by atoms with Gasteiger partial charge in [-0.25, -0.2) is 0 Å². The molecule has 1 aromatic rings. The van der Waals surface area contributed by atoms with E-state index in [0.29, 0.717) is 38.3 Å². The number of nitrogens with two attached hydrogens (primary N) is 1. The van der Waals surface area contributed by atoms with Gasteiger partial charge in [-0.05, 0) is 38.2 Å². The maximum Gasteiger partial charge on any atom is 0.222 e. The summed E-state index contributed by atoms with van der Waals surface area (Å²) in [5, 5.41) is 4.59. The zero-order valence-corrected chi connectivity index (χ0v) is 14.6. The Kier molecular flexibility index (Phi) is 5.44. The van der Waals surface area contributed by atoms with Gasteiger partial charge in [0.1, 0.15) is 0 Å². The molecule has 2 heterocycles. The van der Waals surface area contributed by atoms with Crippen LogP contribution in [0, 0.1) is 25.7 Å². The fourth-order valence-electron chi connectivity index (χ4n) is 3.23. The van der Waals surface area contributed by atoms with Crippen LogP contribution in [0.4, 0.5) is 0 Å². The minimum absolute atomic E-state index is 0.101. The van der Waals surface area contributed by atoms with Crippen molar-refractivity contribution in [3.05, 3.63) is 17.0 Å². The van der Waals surface area contributed by atoms with E-state index in [0.717, 1.165) is 17.9 Å². The van der Waals surface area contributed by atoms with Crippen LogP contribution in [-0.4, -0.2) is 39.6 Å². The summed E-state index contributed by atoms with van der Waals surface area (Å²) in [6.07, 6.45) is 1.85. The molecule has 0 radical (unpaired) electrons. The van der Waals surface area contributed by atoms with E-state index in [-0.39, 0.29) is 17.7 Å². The van der Waals surface area contributed by atoms with Gasteiger partial charge in [0.15, 0.2) is 0 Å². The SMILES string of the molecule is Cc1nn(CC(C)C)c(C)c1CCC(=O)N1CC[C@@H](C(N)=O)C1. The molecule has 0 aromatic carbocycles. The summed E-state index contributed by atoms with van der Waals surface area (Å²) < 4.78 is 2.04. The van der Waals surface area contributed by atoms with E-state index < -0.39 is 0 Å². The quantitative estimate of drug-likeness (QED) is 0.860. The Morgan fingerprint density at radius 3 is 2.61 bits per heavy atom. The van der Waals surface area contributed by atoms with Gasteiger partial charge in [0.2, 0.25) is 11.8 Å². The highest BCUT2D eigenvalue weighted by Gasteiger charge is 2.29. The summed E-state index contributed by atoms with van der Waals surface area (Å²) in [7, 11) is 0. The number of primary amides is 1. The van der Waals surface area contributed by atoms with Crippen molar-refractivity contribution >= 4 is 11.8 Å². The van der Waals surface area contributed by atoms with Crippen LogP contribution < -0.4 is 5.73 Å². The minimum Gasteiger partial charge on any atom is -0.369 e. The highest BCUT2D eigenvalue weighted by Crippen LogP contribution is 2.20. The molecule has 2 amide bonds. The van der Waals surface area contributed by atoms with Gasteiger partial charge in [-0.2, -0.15) is 5.10 Å². The number of carbonyl (C=O) groups is 2. The monoisotopic (exact) mass is 320 g/mol. The molecule has 1 saturated heterocycles. The van der Waals surface area contributed by atoms with Crippen molar-refractivity contribution in [2.75, 3.05) is 13.1 Å². The van der Waals surface area contributed by atoms with Gasteiger partial charge in [0.05, 0.1) is 11.6 Å². The average molecular weight is 320 g/mol. The van der Waals surface area contributed by atoms with Crippen molar-refractivity contribution in [2.45, 2.75) is 53.5 Å². The van der Waals surface area contributed by atoms with Crippen LogP contribution in [-0.2, 0) is 22.6 Å². The molecule has 1 aromatic heterocycles. The van der Waals surface area contributed by atoms with Crippen molar-refractivity contribution in [1.82, 2.24) is 14.7 Å². The minimum atomic E-state index is -0.304. The second-order valence-electron chi connectivity index (χ2n) is 6.95. The molecule has 1 aliphatic rings. The molecule has 0 bridgehead atoms. The summed E-state index contributed by atoms with van der Waals surface area (Å²) in [6.45, 7) is 10.4. The van der Waals surface area contributed by atoms with Gasteiger partial charge in [-0.3, -0.25) is 14.3 Å². The van der Waals surface area contributed by atoms with Crippen LogP contribution in [0.1, 0.15) is 43.6 Å². The molecule has 1 atom stereocenters. The van der Waals surface area contributed by atoms with E-state index in [1.54, 1.807) is 4.90 Å². The molecule has 128 valence electrons. The number of hydrogen-bond acceptors (Lipinski definition) is 3. The van der Waals surface area contributed by atoms with Crippen molar-refractivity contribution < 1.29 is 9.59 Å². The lowest BCUT2D eigenvalue weighted by atomic mass is 10.1. The Labute approximate surface area is 138 Å². The third-order valence-corrected chi connectivity index (χ3v) is 4.60. The summed E-state index contributed by atoms with van der Waals surface area (Å²) in [5.41, 5.74) is 8.65. The molecule has 1 aliphatic heterocycles. The number of likely N-dealkylation sites (tertiary alicyclic amines) is 1. The van der Waals surface area contributed by atoms with Crippen LogP contribution in [0.5, 0.6) is 0 Å². The number of hydrogen-bond donors (Lipinski definition) is 1. The molecule has 2 N–H and O–H groups in total. The smallest absolute Gasteiger partial charge is 0.222 e. The van der Waals surface area contributed by atoms with Gasteiger partial charge in [-0.15, -0.1) is 0 Å². The van der Waals surface area contributed by atoms with E-state index >= 15 is 0 Å². The van der Waals surface area contributed by atoms with Gasteiger partial charge in [-0.1, -0.05) is 13.8 Å². The lowest BCUT2D eigenvalue weighted by Gasteiger charge is -2.16. The lowest BCUT2D eigenvalue weighted by Crippen LogP contribution is -2.31. The van der Waals surface area contributed by atoms with Gasteiger partial charge in [0, 0.05) is 31.7 Å². The van der Waals surface area contributed by atoms with E-state index in [1.807, 2.05) is 11.6 Å². The molecular weight excluding hydrogens is 292 g/mol. The molecular formula is C17H28N4O2. The highest BCUT2D eigenvalue weighted by atomic mass is 16.2. The van der Waals surface area contributed by atoms with Crippen LogP contribution in [0.2, 0.25) is 0 Å². The average Bonchev–Trinajstić information content (AvgIpc) is 3.04. The zero-order valence-electron chi connectivity index (χ0n) is 14.6. The number of aromatic nitrogens is 2.